The first-order chi connectivity index (χ1) is 27.9. The molecule has 0 spiro atoms. The molecule has 21 nitrogen and oxygen atoms in total. The zero-order valence-electron chi connectivity index (χ0n) is 29.6. The number of halogens is 2. The van der Waals surface area contributed by atoms with Crippen LogP contribution in [0.4, 0.5) is 14.6 Å². The van der Waals surface area contributed by atoms with E-state index in [1.165, 1.54) is 10.9 Å². The molecule has 6 heterocycles. The summed E-state index contributed by atoms with van der Waals surface area (Å²) in [5.41, 5.74) is -1.40. The van der Waals surface area contributed by atoms with Crippen molar-refractivity contribution in [2.75, 3.05) is 31.7 Å². The number of anilines is 1. The van der Waals surface area contributed by atoms with E-state index in [9.17, 15) is 18.9 Å². The number of imidazole rings is 1. The number of ether oxygens (including phenoxy) is 2. The third-order valence-electron chi connectivity index (χ3n) is 8.78. The minimum Gasteiger partial charge on any atom is -0.346 e. The van der Waals surface area contributed by atoms with Crippen molar-refractivity contribution < 1.29 is 54.8 Å². The van der Waals surface area contributed by atoms with Crippen LogP contribution in [0.5, 0.6) is 0 Å². The Hall–Kier alpha value is -4.68. The van der Waals surface area contributed by atoms with Crippen molar-refractivity contribution >= 4 is 49.2 Å². The zero-order valence-corrected chi connectivity index (χ0v) is 32.3. The van der Waals surface area contributed by atoms with Gasteiger partial charge in [0.1, 0.15) is 30.7 Å². The van der Waals surface area contributed by atoms with E-state index in [1.807, 2.05) is 11.1 Å². The van der Waals surface area contributed by atoms with Gasteiger partial charge < -0.3 is 23.8 Å². The minimum atomic E-state index is -4.92. The van der Waals surface area contributed by atoms with E-state index in [1.54, 1.807) is 36.4 Å². The number of aromatic amines is 1. The predicted octanol–water partition coefficient (Wildman–Crippen LogP) is 3.11. The van der Waals surface area contributed by atoms with E-state index in [0.717, 1.165) is 23.2 Å². The number of hydrogen-bond donors (Lipinski definition) is 2. The molecule has 0 radical (unpaired) electrons. The van der Waals surface area contributed by atoms with Gasteiger partial charge in [-0.1, -0.05) is 18.2 Å². The van der Waals surface area contributed by atoms with Crippen LogP contribution in [0.3, 0.4) is 0 Å². The van der Waals surface area contributed by atoms with E-state index in [2.05, 4.69) is 20.3 Å². The molecule has 1 amide bonds. The molecule has 2 N–H and O–H groups in total. The van der Waals surface area contributed by atoms with Gasteiger partial charge in [0, 0.05) is 17.8 Å². The fourth-order valence-electron chi connectivity index (χ4n) is 6.11. The number of amides is 1. The van der Waals surface area contributed by atoms with Crippen LogP contribution in [0.1, 0.15) is 35.7 Å². The molecule has 3 aliphatic heterocycles. The molecule has 306 valence electrons. The van der Waals surface area contributed by atoms with Gasteiger partial charge in [-0.3, -0.25) is 41.8 Å². The van der Waals surface area contributed by atoms with Gasteiger partial charge in [-0.2, -0.15) is 10.5 Å². The SMILES string of the molecule is N#CCCOP1(=O)OCC2OC(n3ccc(=O)[nH]c3=O)C(F)C2OP(=S)(OCCC#N)OCC2OC(n3cnc4c(NC(=O)c5ccccc5)ncnc43)C(F)C2O1. The molecule has 0 bridgehead atoms. The van der Waals surface area contributed by atoms with Crippen LogP contribution in [-0.4, -0.2) is 98.2 Å². The second-order valence-electron chi connectivity index (χ2n) is 12.5. The number of hydrogen-bond acceptors (Lipinski definition) is 18. The van der Waals surface area contributed by atoms with Crippen molar-refractivity contribution in [3.8, 4) is 12.1 Å². The van der Waals surface area contributed by atoms with Crippen molar-refractivity contribution in [3.05, 3.63) is 81.7 Å². The third-order valence-corrected chi connectivity index (χ3v) is 12.6. The molecule has 7 rings (SSSR count). The maximum atomic E-state index is 16.8. The van der Waals surface area contributed by atoms with Gasteiger partial charge in [-0.05, 0) is 23.9 Å². The molecule has 10 atom stereocenters. The fourth-order valence-corrected chi connectivity index (χ4v) is 9.60. The number of nitrogens with one attached hydrogen (secondary N) is 2. The van der Waals surface area contributed by atoms with Crippen molar-refractivity contribution in [3.63, 3.8) is 0 Å². The van der Waals surface area contributed by atoms with E-state index >= 15 is 8.78 Å². The lowest BCUT2D eigenvalue weighted by Crippen LogP contribution is -2.38. The number of benzene rings is 1. The number of fused-ring (bicyclic) bond motifs is 3. The zero-order chi connectivity index (χ0) is 41.0. The molecule has 4 aromatic rings. The monoisotopic (exact) mass is 865 g/mol. The number of nitriles is 2. The quantitative estimate of drug-likeness (QED) is 0.171. The highest BCUT2D eigenvalue weighted by Crippen LogP contribution is 2.58. The summed E-state index contributed by atoms with van der Waals surface area (Å²) in [6.07, 6.45) is -11.7. The molecule has 0 saturated carbocycles. The Kier molecular flexibility index (Phi) is 12.6. The van der Waals surface area contributed by atoms with Gasteiger partial charge in [-0.15, -0.1) is 0 Å². The summed E-state index contributed by atoms with van der Waals surface area (Å²) < 4.78 is 95.5. The minimum absolute atomic E-state index is 0.000153. The van der Waals surface area contributed by atoms with Crippen LogP contribution in [0.2, 0.25) is 0 Å². The lowest BCUT2D eigenvalue weighted by molar-refractivity contribution is -0.0670. The Bertz CT molecular complexity index is 2450. The van der Waals surface area contributed by atoms with E-state index < -0.39 is 101 Å². The number of phosphoric ester groups is 1. The predicted molar refractivity (Wildman–Crippen MR) is 195 cm³/mol. The number of nitrogens with zero attached hydrogens (tertiary/aromatic N) is 7. The molecule has 58 heavy (non-hydrogen) atoms. The Morgan fingerprint density at radius 2 is 1.59 bits per heavy atom. The first-order valence-corrected chi connectivity index (χ1v) is 21.3. The third kappa shape index (κ3) is 8.83. The lowest BCUT2D eigenvalue weighted by Gasteiger charge is -2.31. The number of alkyl halides is 2. The first kappa shape index (κ1) is 41.5. The summed E-state index contributed by atoms with van der Waals surface area (Å²) in [6, 6.07) is 12.9. The average molecular weight is 866 g/mol. The normalized spacial score (nSPS) is 31.2. The van der Waals surface area contributed by atoms with Crippen LogP contribution in [0, 0.1) is 22.7 Å². The molecular weight excluding hydrogens is 834 g/mol. The number of carbonyl (C=O) groups excluding carboxylic acids is 1. The number of carbonyl (C=O) groups is 1. The summed E-state index contributed by atoms with van der Waals surface area (Å²) in [6.45, 7) is -6.55. The van der Waals surface area contributed by atoms with Gasteiger partial charge in [0.2, 0.25) is 0 Å². The Balaban J connectivity index is 1.21. The standard InChI is InChI=1S/C32H31F2N9O12P2S/c33-22-25-20(53-31(22)43-17-39-24-27(37-16-38-28(24)43)41-29(45)18-6-2-1-3-7-18)15-51-57(58,49-13-5-10-36)55-26-19(14-50-56(47,54-25)48-12-4-9-35)52-30(23(26)34)42-11-8-21(44)40-32(42)46/h1-3,6-8,11,16-17,19-20,22-23,25-26,30-31H,4-5,12-15H2,(H,40,44,46)(H,37,38,41,45). The molecule has 3 saturated heterocycles. The smallest absolute Gasteiger partial charge is 0.346 e. The van der Waals surface area contributed by atoms with E-state index in [4.69, 9.17) is 58.9 Å². The molecule has 26 heteroatoms. The molecule has 0 aliphatic carbocycles. The van der Waals surface area contributed by atoms with E-state index in [0.29, 0.717) is 5.56 Å². The molecule has 3 aliphatic rings. The number of phosphoric acid groups is 1. The van der Waals surface area contributed by atoms with Crippen LogP contribution >= 0.6 is 14.5 Å². The van der Waals surface area contributed by atoms with Crippen molar-refractivity contribution in [1.82, 2.24) is 29.1 Å². The van der Waals surface area contributed by atoms with Gasteiger partial charge in [0.25, 0.3) is 11.5 Å². The molecule has 1 aromatic carbocycles. The van der Waals surface area contributed by atoms with Gasteiger partial charge in [-0.25, -0.2) is 33.1 Å². The van der Waals surface area contributed by atoms with Crippen molar-refractivity contribution in [2.24, 2.45) is 0 Å². The summed E-state index contributed by atoms with van der Waals surface area (Å²) >= 11 is 5.62. The Labute approximate surface area is 330 Å². The Morgan fingerprint density at radius 3 is 2.28 bits per heavy atom. The highest BCUT2D eigenvalue weighted by molar-refractivity contribution is 8.07. The number of rotatable bonds is 10. The molecular formula is C32H31F2N9O12P2S. The largest absolute Gasteiger partial charge is 0.475 e. The van der Waals surface area contributed by atoms with E-state index in [-0.39, 0.29) is 36.4 Å². The highest BCUT2D eigenvalue weighted by Gasteiger charge is 2.55. The maximum Gasteiger partial charge on any atom is 0.475 e. The van der Waals surface area contributed by atoms with Crippen LogP contribution in [0.15, 0.2) is 64.8 Å². The first-order valence-electron chi connectivity index (χ1n) is 17.3. The van der Waals surface area contributed by atoms with Gasteiger partial charge in [0.15, 0.2) is 41.8 Å². The summed E-state index contributed by atoms with van der Waals surface area (Å²) in [4.78, 5) is 51.8. The number of H-pyrrole nitrogens is 1. The number of aromatic nitrogens is 6. The topological polar surface area (TPSA) is 266 Å². The molecule has 3 fully saturated rings. The van der Waals surface area contributed by atoms with Gasteiger partial charge in [0.05, 0.1) is 57.7 Å². The van der Waals surface area contributed by atoms with Crippen molar-refractivity contribution in [1.29, 1.82) is 10.5 Å². The average Bonchev–Trinajstić information content (AvgIpc) is 3.86. The fraction of sp³-hybridized carbons (Fsp3) is 0.438. The maximum absolute atomic E-state index is 16.8. The summed E-state index contributed by atoms with van der Waals surface area (Å²) in [5.74, 6) is -0.505. The van der Waals surface area contributed by atoms with Crippen LogP contribution in [-0.2, 0) is 53.0 Å². The van der Waals surface area contributed by atoms with Crippen LogP contribution < -0.4 is 16.6 Å². The van der Waals surface area contributed by atoms with Crippen molar-refractivity contribution in [2.45, 2.75) is 62.1 Å². The highest BCUT2D eigenvalue weighted by atomic mass is 32.5. The molecule has 3 aromatic heterocycles. The molecule has 10 unspecified atom stereocenters. The lowest BCUT2D eigenvalue weighted by atomic mass is 10.1. The van der Waals surface area contributed by atoms with Crippen LogP contribution in [0.25, 0.3) is 11.2 Å². The second-order valence-corrected chi connectivity index (χ2v) is 17.1. The summed E-state index contributed by atoms with van der Waals surface area (Å²) in [7, 11) is -4.92. The van der Waals surface area contributed by atoms with Gasteiger partial charge >= 0.3 is 20.2 Å². The Morgan fingerprint density at radius 1 is 0.931 bits per heavy atom. The second kappa shape index (κ2) is 17.7. The summed E-state index contributed by atoms with van der Waals surface area (Å²) in [5, 5.41) is 20.9.